The Hall–Kier alpha value is -1.64. The first-order valence-corrected chi connectivity index (χ1v) is 9.08. The molecule has 0 aliphatic carbocycles. The predicted molar refractivity (Wildman–Crippen MR) is 103 cm³/mol. The summed E-state index contributed by atoms with van der Waals surface area (Å²) in [7, 11) is 9.55. The van der Waals surface area contributed by atoms with Crippen LogP contribution >= 0.6 is 0 Å². The van der Waals surface area contributed by atoms with E-state index in [9.17, 15) is 0 Å². The molecule has 0 heterocycles. The zero-order valence-electron chi connectivity index (χ0n) is 16.1. The van der Waals surface area contributed by atoms with Crippen molar-refractivity contribution < 1.29 is 8.97 Å². The Kier molecular flexibility index (Phi) is 6.20. The van der Waals surface area contributed by atoms with Gasteiger partial charge in [0.05, 0.1) is 34.6 Å². The summed E-state index contributed by atoms with van der Waals surface area (Å²) >= 11 is 0. The van der Waals surface area contributed by atoms with Crippen LogP contribution in [0.15, 0.2) is 60.7 Å². The van der Waals surface area contributed by atoms with Crippen molar-refractivity contribution in [3.8, 4) is 0 Å². The van der Waals surface area contributed by atoms with E-state index in [4.69, 9.17) is 0 Å². The zero-order chi connectivity index (χ0) is 17.6. The van der Waals surface area contributed by atoms with Gasteiger partial charge in [-0.2, -0.15) is 0 Å². The monoisotopic (exact) mass is 326 g/mol. The van der Waals surface area contributed by atoms with E-state index in [1.807, 2.05) is 0 Å². The minimum absolute atomic E-state index is 0.565. The number of benzene rings is 2. The van der Waals surface area contributed by atoms with Gasteiger partial charge in [0.2, 0.25) is 6.17 Å². The maximum Gasteiger partial charge on any atom is 0.216 e. The first kappa shape index (κ1) is 18.7. The Labute approximate surface area is 148 Å². The van der Waals surface area contributed by atoms with E-state index in [0.717, 1.165) is 22.1 Å². The molecule has 0 aliphatic rings. The second kappa shape index (κ2) is 7.96. The highest BCUT2D eigenvalue weighted by molar-refractivity contribution is 5.14. The van der Waals surface area contributed by atoms with Crippen LogP contribution in [0.3, 0.4) is 0 Å². The van der Waals surface area contributed by atoms with Crippen LogP contribution in [-0.4, -0.2) is 43.3 Å². The topological polar surface area (TPSA) is 0 Å². The van der Waals surface area contributed by atoms with Crippen molar-refractivity contribution in [2.75, 3.05) is 28.2 Å². The molecule has 0 aromatic heterocycles. The van der Waals surface area contributed by atoms with Crippen LogP contribution in [0.25, 0.3) is 0 Å². The molecule has 0 saturated heterocycles. The fourth-order valence-electron chi connectivity index (χ4n) is 4.12. The van der Waals surface area contributed by atoms with E-state index in [0.29, 0.717) is 6.17 Å². The molecule has 2 aromatic rings. The maximum absolute atomic E-state index is 2.39. The van der Waals surface area contributed by atoms with Crippen molar-refractivity contribution in [2.24, 2.45) is 0 Å². The molecular formula is C22H34N2+2. The highest BCUT2D eigenvalue weighted by Gasteiger charge is 2.40. The molecule has 24 heavy (non-hydrogen) atoms. The lowest BCUT2D eigenvalue weighted by atomic mass is 10.1. The zero-order valence-corrected chi connectivity index (χ0v) is 16.1. The number of hydrogen-bond donors (Lipinski definition) is 0. The van der Waals surface area contributed by atoms with Crippen LogP contribution < -0.4 is 0 Å². The summed E-state index contributed by atoms with van der Waals surface area (Å²) in [4.78, 5) is 0. The highest BCUT2D eigenvalue weighted by Crippen LogP contribution is 2.26. The summed E-state index contributed by atoms with van der Waals surface area (Å²) in [5.74, 6) is 0. The Morgan fingerprint density at radius 2 is 1.04 bits per heavy atom. The Morgan fingerprint density at radius 3 is 1.38 bits per heavy atom. The highest BCUT2D eigenvalue weighted by atomic mass is 15.5. The third kappa shape index (κ3) is 4.93. The Bertz CT molecular complexity index is 549. The van der Waals surface area contributed by atoms with Gasteiger partial charge in [-0.25, -0.2) is 0 Å². The van der Waals surface area contributed by atoms with Crippen LogP contribution in [0.1, 0.15) is 30.9 Å². The van der Waals surface area contributed by atoms with Gasteiger partial charge in [-0.1, -0.05) is 67.6 Å². The summed E-state index contributed by atoms with van der Waals surface area (Å²) in [6.45, 7) is 4.45. The molecule has 2 rings (SSSR count). The molecule has 0 amide bonds. The third-order valence-electron chi connectivity index (χ3n) is 5.03. The van der Waals surface area contributed by atoms with Gasteiger partial charge in [-0.15, -0.1) is 0 Å². The molecule has 0 fully saturated rings. The van der Waals surface area contributed by atoms with E-state index >= 15 is 0 Å². The normalized spacial score (nSPS) is 12.6. The van der Waals surface area contributed by atoms with Crippen LogP contribution in [-0.2, 0) is 13.1 Å². The van der Waals surface area contributed by atoms with E-state index < -0.39 is 0 Å². The number of nitrogens with zero attached hydrogens (tertiary/aromatic N) is 2. The number of quaternary nitrogens is 2. The standard InChI is InChI=1S/C22H34N2/c1-6-13-22(23(2,3)18-20-14-9-7-10-15-20)24(4,5)19-21-16-11-8-12-17-21/h7-12,14-17,22H,6,13,18-19H2,1-5H3/q+2. The van der Waals surface area contributed by atoms with E-state index in [1.165, 1.54) is 24.0 Å². The van der Waals surface area contributed by atoms with E-state index in [2.05, 4.69) is 95.8 Å². The fourth-order valence-corrected chi connectivity index (χ4v) is 4.12. The van der Waals surface area contributed by atoms with E-state index in [1.54, 1.807) is 0 Å². The minimum Gasteiger partial charge on any atom is -0.276 e. The second-order valence-corrected chi connectivity index (χ2v) is 8.11. The van der Waals surface area contributed by atoms with Crippen molar-refractivity contribution in [3.05, 3.63) is 71.8 Å². The van der Waals surface area contributed by atoms with Crippen molar-refractivity contribution in [1.82, 2.24) is 0 Å². The third-order valence-corrected chi connectivity index (χ3v) is 5.03. The molecular weight excluding hydrogens is 292 g/mol. The van der Waals surface area contributed by atoms with Crippen molar-refractivity contribution in [2.45, 2.75) is 39.0 Å². The lowest BCUT2D eigenvalue weighted by Crippen LogP contribution is -2.63. The largest absolute Gasteiger partial charge is 0.276 e. The molecule has 0 unspecified atom stereocenters. The molecule has 0 spiro atoms. The summed E-state index contributed by atoms with van der Waals surface area (Å²) in [6.07, 6.45) is 3.02. The second-order valence-electron chi connectivity index (χ2n) is 8.11. The van der Waals surface area contributed by atoms with Gasteiger partial charge in [0.25, 0.3) is 0 Å². The van der Waals surface area contributed by atoms with Crippen LogP contribution in [0.4, 0.5) is 0 Å². The fraction of sp³-hybridized carbons (Fsp3) is 0.455. The van der Waals surface area contributed by atoms with Crippen LogP contribution in [0.2, 0.25) is 0 Å². The van der Waals surface area contributed by atoms with Crippen molar-refractivity contribution in [3.63, 3.8) is 0 Å². The van der Waals surface area contributed by atoms with Gasteiger partial charge in [0, 0.05) is 11.1 Å². The van der Waals surface area contributed by atoms with Crippen molar-refractivity contribution in [1.29, 1.82) is 0 Å². The quantitative estimate of drug-likeness (QED) is 0.489. The minimum atomic E-state index is 0.565. The number of hydrogen-bond acceptors (Lipinski definition) is 0. The van der Waals surface area contributed by atoms with Crippen LogP contribution in [0, 0.1) is 0 Å². The van der Waals surface area contributed by atoms with Crippen LogP contribution in [0.5, 0.6) is 0 Å². The molecule has 2 aromatic carbocycles. The molecule has 0 N–H and O–H groups in total. The summed E-state index contributed by atoms with van der Waals surface area (Å²) < 4.78 is 2.02. The van der Waals surface area contributed by atoms with Gasteiger partial charge < -0.3 is 0 Å². The van der Waals surface area contributed by atoms with Gasteiger partial charge in [0.15, 0.2) is 0 Å². The lowest BCUT2D eigenvalue weighted by molar-refractivity contribution is -1.12. The molecule has 0 atom stereocenters. The van der Waals surface area contributed by atoms with E-state index in [-0.39, 0.29) is 0 Å². The van der Waals surface area contributed by atoms with Gasteiger partial charge in [-0.05, 0) is 6.42 Å². The Balaban J connectivity index is 2.22. The lowest BCUT2D eigenvalue weighted by Gasteiger charge is -2.47. The average molecular weight is 327 g/mol. The summed E-state index contributed by atoms with van der Waals surface area (Å²) in [6, 6.07) is 21.8. The average Bonchev–Trinajstić information content (AvgIpc) is 2.53. The van der Waals surface area contributed by atoms with Crippen molar-refractivity contribution >= 4 is 0 Å². The summed E-state index contributed by atoms with van der Waals surface area (Å²) in [5, 5.41) is 0. The molecule has 0 saturated carbocycles. The molecule has 2 heteroatoms. The molecule has 0 aliphatic heterocycles. The predicted octanol–water partition coefficient (Wildman–Crippen LogP) is 4.67. The Morgan fingerprint density at radius 1 is 0.667 bits per heavy atom. The van der Waals surface area contributed by atoms with Gasteiger partial charge in [-0.3, -0.25) is 8.97 Å². The molecule has 0 bridgehead atoms. The molecule has 0 radical (unpaired) electrons. The van der Waals surface area contributed by atoms with Gasteiger partial charge >= 0.3 is 0 Å². The first-order valence-electron chi connectivity index (χ1n) is 9.08. The summed E-state index contributed by atoms with van der Waals surface area (Å²) in [5.41, 5.74) is 2.84. The molecule has 130 valence electrons. The number of rotatable bonds is 8. The smallest absolute Gasteiger partial charge is 0.216 e. The first-order chi connectivity index (χ1) is 11.3. The molecule has 2 nitrogen and oxygen atoms in total. The maximum atomic E-state index is 2.39. The van der Waals surface area contributed by atoms with Gasteiger partial charge in [0.1, 0.15) is 13.1 Å². The SMILES string of the molecule is CCCC([N+](C)(C)Cc1ccccc1)[N+](C)(C)Cc1ccccc1.